The van der Waals surface area contributed by atoms with Crippen molar-refractivity contribution in [3.8, 4) is 0 Å². The van der Waals surface area contributed by atoms with Crippen LogP contribution in [0.15, 0.2) is 0 Å². The van der Waals surface area contributed by atoms with Crippen molar-refractivity contribution in [1.82, 2.24) is 15.2 Å². The zero-order valence-corrected chi connectivity index (χ0v) is 13.3. The minimum absolute atomic E-state index is 0.589. The molecular weight excluding hydrogens is 266 g/mol. The number of hydrogen-bond donors (Lipinski definition) is 1. The first-order valence-corrected chi connectivity index (χ1v) is 8.95. The van der Waals surface area contributed by atoms with Gasteiger partial charge in [0.2, 0.25) is 0 Å². The lowest BCUT2D eigenvalue weighted by Crippen LogP contribution is -2.28. The molecule has 0 amide bonds. The summed E-state index contributed by atoms with van der Waals surface area (Å²) in [7, 11) is 0. The molecular formula is C16H25N3S. The molecule has 110 valence electrons. The highest BCUT2D eigenvalue weighted by atomic mass is 32.1. The molecule has 0 aromatic carbocycles. The van der Waals surface area contributed by atoms with Crippen LogP contribution in [0, 0.1) is 11.3 Å². The standard InChI is InChI=1S/C16H25N3S/c1-12-2-3-13-14(8-12)20-15(18-13)9-19-7-5-16(11-19)4-6-17-10-16/h12,17H,2-11H2,1H3. The molecule has 2 aliphatic heterocycles. The van der Waals surface area contributed by atoms with Gasteiger partial charge in [-0.1, -0.05) is 6.92 Å². The number of aromatic nitrogens is 1. The van der Waals surface area contributed by atoms with Crippen molar-refractivity contribution < 1.29 is 0 Å². The molecule has 3 heterocycles. The molecule has 1 aromatic rings. The van der Waals surface area contributed by atoms with Crippen LogP contribution in [0.2, 0.25) is 0 Å². The van der Waals surface area contributed by atoms with Crippen LogP contribution in [-0.2, 0) is 19.4 Å². The van der Waals surface area contributed by atoms with Gasteiger partial charge in [0.05, 0.1) is 12.2 Å². The Labute approximate surface area is 125 Å². The van der Waals surface area contributed by atoms with Crippen LogP contribution in [0.4, 0.5) is 0 Å². The fourth-order valence-corrected chi connectivity index (χ4v) is 5.48. The van der Waals surface area contributed by atoms with Gasteiger partial charge in [-0.15, -0.1) is 11.3 Å². The van der Waals surface area contributed by atoms with E-state index in [9.17, 15) is 0 Å². The van der Waals surface area contributed by atoms with Crippen LogP contribution in [0.5, 0.6) is 0 Å². The lowest BCUT2D eigenvalue weighted by Gasteiger charge is -2.22. The maximum atomic E-state index is 4.92. The largest absolute Gasteiger partial charge is 0.316 e. The molecule has 2 saturated heterocycles. The van der Waals surface area contributed by atoms with Gasteiger partial charge in [-0.3, -0.25) is 4.90 Å². The Bertz CT molecular complexity index is 490. The van der Waals surface area contributed by atoms with Gasteiger partial charge in [-0.25, -0.2) is 4.98 Å². The van der Waals surface area contributed by atoms with Crippen molar-refractivity contribution >= 4 is 11.3 Å². The predicted octanol–water partition coefficient (Wildman–Crippen LogP) is 2.45. The Morgan fingerprint density at radius 2 is 2.40 bits per heavy atom. The lowest BCUT2D eigenvalue weighted by molar-refractivity contribution is 0.268. The van der Waals surface area contributed by atoms with Crippen LogP contribution in [-0.4, -0.2) is 36.1 Å². The Balaban J connectivity index is 1.42. The molecule has 1 N–H and O–H groups in total. The van der Waals surface area contributed by atoms with Crippen molar-refractivity contribution in [3.63, 3.8) is 0 Å². The van der Waals surface area contributed by atoms with Gasteiger partial charge in [0.1, 0.15) is 5.01 Å². The van der Waals surface area contributed by atoms with E-state index in [1.807, 2.05) is 11.3 Å². The van der Waals surface area contributed by atoms with Gasteiger partial charge in [0.15, 0.2) is 0 Å². The quantitative estimate of drug-likeness (QED) is 0.907. The summed E-state index contributed by atoms with van der Waals surface area (Å²) in [6, 6.07) is 0. The van der Waals surface area contributed by atoms with Gasteiger partial charge in [0.25, 0.3) is 0 Å². The van der Waals surface area contributed by atoms with Crippen LogP contribution < -0.4 is 5.32 Å². The molecule has 3 nitrogen and oxygen atoms in total. The number of likely N-dealkylation sites (tertiary alicyclic amines) is 1. The number of nitrogens with one attached hydrogen (secondary N) is 1. The van der Waals surface area contributed by atoms with Gasteiger partial charge >= 0.3 is 0 Å². The fourth-order valence-electron chi connectivity index (χ4n) is 4.16. The zero-order valence-electron chi connectivity index (χ0n) is 12.5. The number of hydrogen-bond acceptors (Lipinski definition) is 4. The molecule has 20 heavy (non-hydrogen) atoms. The van der Waals surface area contributed by atoms with E-state index >= 15 is 0 Å². The van der Waals surface area contributed by atoms with E-state index in [2.05, 4.69) is 17.1 Å². The van der Waals surface area contributed by atoms with Crippen LogP contribution in [0.25, 0.3) is 0 Å². The average Bonchev–Trinajstić information content (AvgIpc) is 3.12. The first-order valence-electron chi connectivity index (χ1n) is 8.13. The summed E-state index contributed by atoms with van der Waals surface area (Å²) in [6.45, 7) is 8.46. The summed E-state index contributed by atoms with van der Waals surface area (Å²) in [4.78, 5) is 9.14. The third-order valence-corrected chi connectivity index (χ3v) is 6.54. The highest BCUT2D eigenvalue weighted by Gasteiger charge is 2.40. The summed E-state index contributed by atoms with van der Waals surface area (Å²) < 4.78 is 0. The first-order chi connectivity index (χ1) is 9.72. The third kappa shape index (κ3) is 2.42. The number of nitrogens with zero attached hydrogens (tertiary/aromatic N) is 2. The number of rotatable bonds is 2. The van der Waals surface area contributed by atoms with E-state index < -0.39 is 0 Å². The van der Waals surface area contributed by atoms with Crippen molar-refractivity contribution in [2.75, 3.05) is 26.2 Å². The predicted molar refractivity (Wildman–Crippen MR) is 83.1 cm³/mol. The van der Waals surface area contributed by atoms with Crippen molar-refractivity contribution in [1.29, 1.82) is 0 Å². The molecule has 2 atom stereocenters. The highest BCUT2D eigenvalue weighted by molar-refractivity contribution is 7.11. The minimum Gasteiger partial charge on any atom is -0.316 e. The lowest BCUT2D eigenvalue weighted by atomic mass is 9.87. The summed E-state index contributed by atoms with van der Waals surface area (Å²) in [6.07, 6.45) is 6.55. The smallest absolute Gasteiger partial charge is 0.107 e. The minimum atomic E-state index is 0.589. The number of thiazole rings is 1. The zero-order chi connectivity index (χ0) is 13.6. The van der Waals surface area contributed by atoms with Crippen molar-refractivity contribution in [2.24, 2.45) is 11.3 Å². The van der Waals surface area contributed by atoms with Crippen LogP contribution in [0.1, 0.15) is 41.8 Å². The molecule has 0 bridgehead atoms. The average molecular weight is 291 g/mol. The molecule has 1 aliphatic carbocycles. The van der Waals surface area contributed by atoms with E-state index in [-0.39, 0.29) is 0 Å². The van der Waals surface area contributed by atoms with E-state index in [0.29, 0.717) is 5.41 Å². The summed E-state index contributed by atoms with van der Waals surface area (Å²) in [5, 5.41) is 4.91. The maximum Gasteiger partial charge on any atom is 0.107 e. The fraction of sp³-hybridized carbons (Fsp3) is 0.812. The van der Waals surface area contributed by atoms with Gasteiger partial charge in [-0.2, -0.15) is 0 Å². The normalized spacial score (nSPS) is 34.0. The molecule has 4 rings (SSSR count). The van der Waals surface area contributed by atoms with E-state index in [4.69, 9.17) is 4.98 Å². The molecule has 1 aromatic heterocycles. The SMILES string of the molecule is CC1CCc2nc(CN3CCC4(CCNC4)C3)sc2C1. The van der Waals surface area contributed by atoms with Crippen molar-refractivity contribution in [3.05, 3.63) is 15.6 Å². The highest BCUT2D eigenvalue weighted by Crippen LogP contribution is 2.37. The topological polar surface area (TPSA) is 28.2 Å². The monoisotopic (exact) mass is 291 g/mol. The molecule has 1 spiro atoms. The molecule has 0 radical (unpaired) electrons. The Morgan fingerprint density at radius 3 is 3.25 bits per heavy atom. The summed E-state index contributed by atoms with van der Waals surface area (Å²) >= 11 is 1.99. The van der Waals surface area contributed by atoms with Crippen LogP contribution in [0.3, 0.4) is 0 Å². The second kappa shape index (κ2) is 5.08. The molecule has 4 heteroatoms. The second-order valence-electron chi connectivity index (χ2n) is 7.21. The van der Waals surface area contributed by atoms with E-state index in [1.54, 1.807) is 4.88 Å². The van der Waals surface area contributed by atoms with E-state index in [0.717, 1.165) is 12.5 Å². The number of aryl methyl sites for hydroxylation is 1. The molecule has 2 fully saturated rings. The summed E-state index contributed by atoms with van der Waals surface area (Å²) in [5.74, 6) is 0.857. The Hall–Kier alpha value is -0.450. The Morgan fingerprint density at radius 1 is 1.45 bits per heavy atom. The third-order valence-electron chi connectivity index (χ3n) is 5.44. The Kier molecular flexibility index (Phi) is 3.36. The summed E-state index contributed by atoms with van der Waals surface area (Å²) in [5.41, 5.74) is 2.00. The first kappa shape index (κ1) is 13.2. The van der Waals surface area contributed by atoms with Gasteiger partial charge in [-0.05, 0) is 56.5 Å². The van der Waals surface area contributed by atoms with Gasteiger partial charge < -0.3 is 5.32 Å². The molecule has 3 aliphatic rings. The second-order valence-corrected chi connectivity index (χ2v) is 8.38. The van der Waals surface area contributed by atoms with Gasteiger partial charge in [0, 0.05) is 18.0 Å². The van der Waals surface area contributed by atoms with Crippen molar-refractivity contribution in [2.45, 2.75) is 45.6 Å². The molecule has 2 unspecified atom stereocenters. The molecule has 0 saturated carbocycles. The van der Waals surface area contributed by atoms with Crippen LogP contribution >= 0.6 is 11.3 Å². The number of fused-ring (bicyclic) bond motifs is 1. The van der Waals surface area contributed by atoms with E-state index in [1.165, 1.54) is 69.0 Å². The maximum absolute atomic E-state index is 4.92.